The van der Waals surface area contributed by atoms with E-state index in [1.165, 1.54) is 0 Å². The van der Waals surface area contributed by atoms with Gasteiger partial charge in [0.15, 0.2) is 5.82 Å². The first-order valence-electron chi connectivity index (χ1n) is 12.1. The fourth-order valence-electron chi connectivity index (χ4n) is 5.09. The van der Waals surface area contributed by atoms with E-state index >= 15 is 0 Å². The Bertz CT molecular complexity index is 1180. The van der Waals surface area contributed by atoms with E-state index in [0.29, 0.717) is 37.7 Å². The van der Waals surface area contributed by atoms with Gasteiger partial charge in [0.25, 0.3) is 5.88 Å². The summed E-state index contributed by atoms with van der Waals surface area (Å²) in [6.45, 7) is 4.62. The van der Waals surface area contributed by atoms with Gasteiger partial charge in [0, 0.05) is 42.9 Å². The van der Waals surface area contributed by atoms with Crippen LogP contribution in [0.15, 0.2) is 24.5 Å². The predicted molar refractivity (Wildman–Crippen MR) is 123 cm³/mol. The predicted octanol–water partition coefficient (Wildman–Crippen LogP) is 5.06. The van der Waals surface area contributed by atoms with Gasteiger partial charge in [0.05, 0.1) is 22.8 Å². The Kier molecular flexibility index (Phi) is 6.52. The van der Waals surface area contributed by atoms with Crippen LogP contribution in [0, 0.1) is 5.82 Å². The van der Waals surface area contributed by atoms with Crippen LogP contribution in [-0.2, 0) is 6.18 Å². The zero-order valence-electron chi connectivity index (χ0n) is 19.4. The minimum atomic E-state index is -4.79. The van der Waals surface area contributed by atoms with Crippen molar-refractivity contribution in [3.05, 3.63) is 41.6 Å². The van der Waals surface area contributed by atoms with E-state index in [4.69, 9.17) is 9.84 Å². The minimum absolute atomic E-state index is 0.108. The van der Waals surface area contributed by atoms with Gasteiger partial charge in [0.1, 0.15) is 11.9 Å². The normalized spacial score (nSPS) is 23.1. The second-order valence-electron chi connectivity index (χ2n) is 9.16. The van der Waals surface area contributed by atoms with Gasteiger partial charge in [-0.05, 0) is 51.6 Å². The highest BCUT2D eigenvalue weighted by atomic mass is 19.4. The standard InChI is InChI=1S/C24H28F4N6O/c1-2-30-20-11-19-17(13-32-20)22(14-7-9-29-12-14)33-34(19)15-3-5-16(6-4-15)35-23-21(25)18(8-10-31-23)24(26,27)28/h8,10-11,13-16,29H,2-7,9,12H2,1H3,(H,30,32)/t14?,15-,16+. The molecule has 4 heterocycles. The number of halogens is 4. The van der Waals surface area contributed by atoms with Crippen LogP contribution in [0.3, 0.4) is 0 Å². The van der Waals surface area contributed by atoms with Crippen molar-refractivity contribution in [3.8, 4) is 5.88 Å². The molecule has 0 amide bonds. The first-order chi connectivity index (χ1) is 16.8. The lowest BCUT2D eigenvalue weighted by molar-refractivity contribution is -0.140. The topological polar surface area (TPSA) is 76.9 Å². The first kappa shape index (κ1) is 23.8. The zero-order chi connectivity index (χ0) is 24.6. The lowest BCUT2D eigenvalue weighted by atomic mass is 9.93. The van der Waals surface area contributed by atoms with Crippen molar-refractivity contribution in [2.24, 2.45) is 0 Å². The number of pyridine rings is 2. The van der Waals surface area contributed by atoms with E-state index < -0.39 is 29.5 Å². The molecule has 1 atom stereocenters. The summed E-state index contributed by atoms with van der Waals surface area (Å²) in [7, 11) is 0. The second kappa shape index (κ2) is 9.60. The fourth-order valence-corrected chi connectivity index (χ4v) is 5.09. The molecule has 1 aliphatic heterocycles. The van der Waals surface area contributed by atoms with Gasteiger partial charge < -0.3 is 15.4 Å². The quantitative estimate of drug-likeness (QED) is 0.469. The van der Waals surface area contributed by atoms with Crippen LogP contribution in [0.4, 0.5) is 23.4 Å². The highest BCUT2D eigenvalue weighted by molar-refractivity contribution is 5.84. The van der Waals surface area contributed by atoms with Crippen molar-refractivity contribution < 1.29 is 22.3 Å². The minimum Gasteiger partial charge on any atom is -0.472 e. The average molecular weight is 493 g/mol. The van der Waals surface area contributed by atoms with Crippen molar-refractivity contribution in [3.63, 3.8) is 0 Å². The van der Waals surface area contributed by atoms with Gasteiger partial charge in [-0.1, -0.05) is 0 Å². The molecule has 3 aromatic heterocycles. The molecule has 1 saturated heterocycles. The van der Waals surface area contributed by atoms with Crippen LogP contribution < -0.4 is 15.4 Å². The molecular weight excluding hydrogens is 464 g/mol. The summed E-state index contributed by atoms with van der Waals surface area (Å²) in [6.07, 6.45) is 1.19. The molecule has 0 spiro atoms. The average Bonchev–Trinajstić information content (AvgIpc) is 3.48. The lowest BCUT2D eigenvalue weighted by Crippen LogP contribution is -2.27. The molecule has 0 bridgehead atoms. The molecule has 35 heavy (non-hydrogen) atoms. The number of hydrogen-bond donors (Lipinski definition) is 2. The van der Waals surface area contributed by atoms with Crippen molar-refractivity contribution in [2.45, 2.75) is 63.3 Å². The molecule has 1 aliphatic carbocycles. The first-order valence-corrected chi connectivity index (χ1v) is 12.1. The number of rotatable bonds is 6. The van der Waals surface area contributed by atoms with E-state index in [9.17, 15) is 17.6 Å². The molecule has 1 unspecified atom stereocenters. The molecule has 2 N–H and O–H groups in total. The molecule has 188 valence electrons. The summed E-state index contributed by atoms with van der Waals surface area (Å²) in [4.78, 5) is 8.26. The monoisotopic (exact) mass is 492 g/mol. The van der Waals surface area contributed by atoms with Crippen LogP contribution in [0.2, 0.25) is 0 Å². The third-order valence-electron chi connectivity index (χ3n) is 6.86. The maximum Gasteiger partial charge on any atom is 0.419 e. The highest BCUT2D eigenvalue weighted by Crippen LogP contribution is 2.38. The molecule has 2 aliphatic rings. The molecule has 2 fully saturated rings. The number of fused-ring (bicyclic) bond motifs is 1. The van der Waals surface area contributed by atoms with E-state index in [2.05, 4.69) is 25.3 Å². The Morgan fingerprint density at radius 3 is 2.66 bits per heavy atom. The Hall–Kier alpha value is -2.95. The number of anilines is 1. The smallest absolute Gasteiger partial charge is 0.419 e. The molecule has 0 radical (unpaired) electrons. The van der Waals surface area contributed by atoms with Crippen LogP contribution in [0.1, 0.15) is 62.2 Å². The van der Waals surface area contributed by atoms with E-state index in [1.807, 2.05) is 19.2 Å². The molecule has 1 saturated carbocycles. The molecule has 3 aromatic rings. The number of hydrogen-bond acceptors (Lipinski definition) is 6. The maximum absolute atomic E-state index is 14.4. The Morgan fingerprint density at radius 2 is 1.97 bits per heavy atom. The number of nitrogens with zero attached hydrogens (tertiary/aromatic N) is 4. The van der Waals surface area contributed by atoms with Gasteiger partial charge in [-0.2, -0.15) is 18.3 Å². The van der Waals surface area contributed by atoms with Gasteiger partial charge in [-0.3, -0.25) is 4.68 Å². The van der Waals surface area contributed by atoms with E-state index in [-0.39, 0.29) is 6.04 Å². The molecular formula is C24H28F4N6O. The van der Waals surface area contributed by atoms with Gasteiger partial charge in [-0.25, -0.2) is 14.4 Å². The second-order valence-corrected chi connectivity index (χ2v) is 9.16. The number of ether oxygens (including phenoxy) is 1. The van der Waals surface area contributed by atoms with Gasteiger partial charge in [0.2, 0.25) is 0 Å². The molecule has 11 heteroatoms. The lowest BCUT2D eigenvalue weighted by Gasteiger charge is -2.29. The maximum atomic E-state index is 14.4. The summed E-state index contributed by atoms with van der Waals surface area (Å²) in [6, 6.07) is 2.76. The Labute approximate surface area is 200 Å². The summed E-state index contributed by atoms with van der Waals surface area (Å²) >= 11 is 0. The Balaban J connectivity index is 1.35. The van der Waals surface area contributed by atoms with Crippen LogP contribution >= 0.6 is 0 Å². The largest absolute Gasteiger partial charge is 0.472 e. The molecule has 5 rings (SSSR count). The third-order valence-corrected chi connectivity index (χ3v) is 6.86. The summed E-state index contributed by atoms with van der Waals surface area (Å²) in [5.74, 6) is -0.927. The highest BCUT2D eigenvalue weighted by Gasteiger charge is 2.36. The Morgan fingerprint density at radius 1 is 1.17 bits per heavy atom. The number of aromatic nitrogens is 4. The van der Waals surface area contributed by atoms with Crippen LogP contribution in [0.25, 0.3) is 10.9 Å². The SMILES string of the molecule is CCNc1cc2c(cn1)c(C1CCNC1)nn2[C@H]1CC[C@@H](Oc2nccc(C(F)(F)F)c2F)CC1. The van der Waals surface area contributed by atoms with Crippen molar-refractivity contribution in [1.29, 1.82) is 0 Å². The van der Waals surface area contributed by atoms with E-state index in [1.54, 1.807) is 0 Å². The van der Waals surface area contributed by atoms with Gasteiger partial charge >= 0.3 is 6.18 Å². The summed E-state index contributed by atoms with van der Waals surface area (Å²) < 4.78 is 61.1. The van der Waals surface area contributed by atoms with E-state index in [0.717, 1.165) is 54.7 Å². The summed E-state index contributed by atoms with van der Waals surface area (Å²) in [5, 5.41) is 12.7. The zero-order valence-corrected chi connectivity index (χ0v) is 19.4. The number of alkyl halides is 3. The van der Waals surface area contributed by atoms with Crippen LogP contribution in [-0.4, -0.2) is 45.5 Å². The molecule has 0 aromatic carbocycles. The van der Waals surface area contributed by atoms with Crippen LogP contribution in [0.5, 0.6) is 5.88 Å². The van der Waals surface area contributed by atoms with Crippen molar-refractivity contribution in [2.75, 3.05) is 25.0 Å². The van der Waals surface area contributed by atoms with Crippen molar-refractivity contribution >= 4 is 16.7 Å². The molecule has 7 nitrogen and oxygen atoms in total. The van der Waals surface area contributed by atoms with Gasteiger partial charge in [-0.15, -0.1) is 0 Å². The summed E-state index contributed by atoms with van der Waals surface area (Å²) in [5.41, 5.74) is 0.709. The number of nitrogens with one attached hydrogen (secondary N) is 2. The van der Waals surface area contributed by atoms with Crippen molar-refractivity contribution in [1.82, 2.24) is 25.1 Å². The third kappa shape index (κ3) is 4.78. The fraction of sp³-hybridized carbons (Fsp3) is 0.542.